The van der Waals surface area contributed by atoms with Gasteiger partial charge in [-0.1, -0.05) is 35.3 Å². The Kier molecular flexibility index (Phi) is 6.99. The molecule has 1 aromatic carbocycles. The lowest BCUT2D eigenvalue weighted by molar-refractivity contribution is 0.0440. The largest absolute Gasteiger partial charge is 0.490 e. The van der Waals surface area contributed by atoms with Crippen molar-refractivity contribution in [1.82, 2.24) is 9.78 Å². The number of ether oxygens (including phenoxy) is 2. The molecule has 0 aliphatic carbocycles. The van der Waals surface area contributed by atoms with Crippen molar-refractivity contribution >= 4 is 21.9 Å². The van der Waals surface area contributed by atoms with Gasteiger partial charge < -0.3 is 9.47 Å². The number of benzene rings is 1. The number of unbranched alkanes of at least 4 members (excludes halogenated alkanes) is 1. The minimum Gasteiger partial charge on any atom is -0.490 e. The van der Waals surface area contributed by atoms with Crippen molar-refractivity contribution in [3.05, 3.63) is 56.9 Å². The maximum absolute atomic E-state index is 12.0. The molecule has 0 saturated heterocycles. The Morgan fingerprint density at radius 3 is 2.83 bits per heavy atom. The van der Waals surface area contributed by atoms with Gasteiger partial charge in [0, 0.05) is 17.1 Å². The van der Waals surface area contributed by atoms with E-state index in [1.807, 2.05) is 31.2 Å². The van der Waals surface area contributed by atoms with E-state index in [0.29, 0.717) is 12.3 Å². The number of hydrogen-bond acceptors (Lipinski definition) is 5. The summed E-state index contributed by atoms with van der Waals surface area (Å²) in [6.07, 6.45) is 1.77. The monoisotopic (exact) mass is 394 g/mol. The summed E-state index contributed by atoms with van der Waals surface area (Å²) in [5, 5.41) is 4.04. The van der Waals surface area contributed by atoms with E-state index < -0.39 is 5.97 Å². The molecule has 1 aromatic heterocycles. The summed E-state index contributed by atoms with van der Waals surface area (Å²) in [6, 6.07) is 10.1. The average Bonchev–Trinajstić information content (AvgIpc) is 2.58. The molecule has 0 N–H and O–H groups in total. The molecular formula is C17H19BrN2O4. The maximum atomic E-state index is 12.0. The molecule has 6 nitrogen and oxygen atoms in total. The van der Waals surface area contributed by atoms with Crippen LogP contribution in [0.1, 0.15) is 30.3 Å². The molecule has 24 heavy (non-hydrogen) atoms. The molecule has 0 spiro atoms. The molecule has 0 fully saturated rings. The smallest absolute Gasteiger partial charge is 0.358 e. The molecular weight excluding hydrogens is 376 g/mol. The van der Waals surface area contributed by atoms with Gasteiger partial charge in [0.25, 0.3) is 5.56 Å². The van der Waals surface area contributed by atoms with Crippen LogP contribution >= 0.6 is 15.9 Å². The second kappa shape index (κ2) is 9.22. The van der Waals surface area contributed by atoms with Gasteiger partial charge in [-0.3, -0.25) is 4.79 Å². The van der Waals surface area contributed by atoms with Gasteiger partial charge in [-0.05, 0) is 30.7 Å². The van der Waals surface area contributed by atoms with Crippen LogP contribution in [-0.2, 0) is 11.3 Å². The molecule has 0 amide bonds. The number of carbonyl (C=O) groups is 1. The number of hydrogen-bond donors (Lipinski definition) is 0. The van der Waals surface area contributed by atoms with Crippen LogP contribution in [0.15, 0.2) is 45.7 Å². The topological polar surface area (TPSA) is 70.4 Å². The number of carbonyl (C=O) groups excluding carboxylic acids is 1. The van der Waals surface area contributed by atoms with Crippen molar-refractivity contribution in [3.63, 3.8) is 0 Å². The lowest BCUT2D eigenvalue weighted by Crippen LogP contribution is -2.25. The van der Waals surface area contributed by atoms with E-state index in [4.69, 9.17) is 9.47 Å². The van der Waals surface area contributed by atoms with E-state index in [1.54, 1.807) is 0 Å². The first kappa shape index (κ1) is 18.2. The van der Waals surface area contributed by atoms with Crippen LogP contribution in [0.4, 0.5) is 0 Å². The lowest BCUT2D eigenvalue weighted by Gasteiger charge is -2.08. The summed E-state index contributed by atoms with van der Waals surface area (Å²) in [5.74, 6) is 0.116. The SMILES string of the molecule is CCCCn1nc(C(=O)OCCOc2cccc(Br)c2)ccc1=O. The normalized spacial score (nSPS) is 10.4. The third-order valence-electron chi connectivity index (χ3n) is 3.18. The summed E-state index contributed by atoms with van der Waals surface area (Å²) in [4.78, 5) is 23.7. The van der Waals surface area contributed by atoms with Gasteiger partial charge in [0.15, 0.2) is 5.69 Å². The van der Waals surface area contributed by atoms with Crippen molar-refractivity contribution < 1.29 is 14.3 Å². The van der Waals surface area contributed by atoms with Crippen LogP contribution in [-0.4, -0.2) is 29.0 Å². The van der Waals surface area contributed by atoms with Gasteiger partial charge >= 0.3 is 5.97 Å². The van der Waals surface area contributed by atoms with Gasteiger partial charge in [-0.25, -0.2) is 9.48 Å². The molecule has 0 saturated carbocycles. The molecule has 0 unspecified atom stereocenters. The minimum absolute atomic E-state index is 0.0983. The van der Waals surface area contributed by atoms with Gasteiger partial charge in [-0.2, -0.15) is 5.10 Å². The summed E-state index contributed by atoms with van der Waals surface area (Å²) in [5.41, 5.74) is -0.105. The van der Waals surface area contributed by atoms with E-state index in [2.05, 4.69) is 21.0 Å². The second-order valence-electron chi connectivity index (χ2n) is 5.08. The molecule has 0 aliphatic rings. The minimum atomic E-state index is -0.571. The Labute approximate surface area is 148 Å². The highest BCUT2D eigenvalue weighted by Crippen LogP contribution is 2.17. The Morgan fingerprint density at radius 1 is 1.25 bits per heavy atom. The highest BCUT2D eigenvalue weighted by atomic mass is 79.9. The first-order chi connectivity index (χ1) is 11.6. The molecule has 0 aliphatic heterocycles. The van der Waals surface area contributed by atoms with E-state index >= 15 is 0 Å². The maximum Gasteiger partial charge on any atom is 0.358 e. The first-order valence-electron chi connectivity index (χ1n) is 7.74. The van der Waals surface area contributed by atoms with E-state index in [9.17, 15) is 9.59 Å². The fourth-order valence-corrected chi connectivity index (χ4v) is 2.33. The molecule has 0 radical (unpaired) electrons. The first-order valence-corrected chi connectivity index (χ1v) is 8.53. The fraction of sp³-hybridized carbons (Fsp3) is 0.353. The van der Waals surface area contributed by atoms with E-state index in [-0.39, 0.29) is 24.5 Å². The van der Waals surface area contributed by atoms with Crippen molar-refractivity contribution in [2.45, 2.75) is 26.3 Å². The fourth-order valence-electron chi connectivity index (χ4n) is 1.95. The van der Waals surface area contributed by atoms with Crippen LogP contribution in [0.3, 0.4) is 0 Å². The van der Waals surface area contributed by atoms with Crippen molar-refractivity contribution in [2.75, 3.05) is 13.2 Å². The molecule has 0 bridgehead atoms. The third kappa shape index (κ3) is 5.49. The predicted octanol–water partition coefficient (Wildman–Crippen LogP) is 3.04. The summed E-state index contributed by atoms with van der Waals surface area (Å²) >= 11 is 3.35. The standard InChI is InChI=1S/C17H19BrN2O4/c1-2-3-9-20-16(21)8-7-15(19-20)17(22)24-11-10-23-14-6-4-5-13(18)12-14/h4-8,12H,2-3,9-11H2,1H3. The number of aromatic nitrogens is 2. The Morgan fingerprint density at radius 2 is 2.08 bits per heavy atom. The quantitative estimate of drug-likeness (QED) is 0.508. The lowest BCUT2D eigenvalue weighted by atomic mass is 10.3. The summed E-state index contributed by atoms with van der Waals surface area (Å²) in [7, 11) is 0. The molecule has 2 aromatic rings. The Balaban J connectivity index is 1.85. The summed E-state index contributed by atoms with van der Waals surface area (Å²) in [6.45, 7) is 2.84. The van der Waals surface area contributed by atoms with Gasteiger partial charge in [-0.15, -0.1) is 0 Å². The zero-order chi connectivity index (χ0) is 17.4. The van der Waals surface area contributed by atoms with Crippen LogP contribution in [0.2, 0.25) is 0 Å². The number of halogens is 1. The molecule has 1 heterocycles. The van der Waals surface area contributed by atoms with Crippen LogP contribution in [0.25, 0.3) is 0 Å². The van der Waals surface area contributed by atoms with E-state index in [1.165, 1.54) is 16.8 Å². The number of esters is 1. The number of aryl methyl sites for hydroxylation is 1. The Hall–Kier alpha value is -2.15. The van der Waals surface area contributed by atoms with Crippen LogP contribution < -0.4 is 10.3 Å². The molecule has 2 rings (SSSR count). The number of nitrogens with zero attached hydrogens (tertiary/aromatic N) is 2. The van der Waals surface area contributed by atoms with Crippen LogP contribution in [0, 0.1) is 0 Å². The Bertz CT molecular complexity index is 745. The van der Waals surface area contributed by atoms with Crippen LogP contribution in [0.5, 0.6) is 5.75 Å². The molecule has 7 heteroatoms. The zero-order valence-electron chi connectivity index (χ0n) is 13.4. The second-order valence-corrected chi connectivity index (χ2v) is 5.99. The third-order valence-corrected chi connectivity index (χ3v) is 3.67. The van der Waals surface area contributed by atoms with E-state index in [0.717, 1.165) is 17.3 Å². The summed E-state index contributed by atoms with van der Waals surface area (Å²) < 4.78 is 12.8. The van der Waals surface area contributed by atoms with Crippen molar-refractivity contribution in [2.24, 2.45) is 0 Å². The van der Waals surface area contributed by atoms with Gasteiger partial charge in [0.1, 0.15) is 19.0 Å². The zero-order valence-corrected chi connectivity index (χ0v) is 15.0. The molecule has 128 valence electrons. The average molecular weight is 395 g/mol. The van der Waals surface area contributed by atoms with Crippen molar-refractivity contribution in [1.29, 1.82) is 0 Å². The van der Waals surface area contributed by atoms with Gasteiger partial charge in [0.2, 0.25) is 0 Å². The van der Waals surface area contributed by atoms with Crippen molar-refractivity contribution in [3.8, 4) is 5.75 Å². The van der Waals surface area contributed by atoms with Gasteiger partial charge in [0.05, 0.1) is 0 Å². The highest BCUT2D eigenvalue weighted by molar-refractivity contribution is 9.10. The highest BCUT2D eigenvalue weighted by Gasteiger charge is 2.11. The predicted molar refractivity (Wildman–Crippen MR) is 93.3 cm³/mol. The number of rotatable bonds is 8. The molecule has 0 atom stereocenters.